The second kappa shape index (κ2) is 5.91. The number of anilines is 1. The van der Waals surface area contributed by atoms with Gasteiger partial charge in [-0.25, -0.2) is 9.97 Å². The lowest BCUT2D eigenvalue weighted by molar-refractivity contribution is -0.0948. The lowest BCUT2D eigenvalue weighted by Crippen LogP contribution is -2.39. The Morgan fingerprint density at radius 1 is 1.19 bits per heavy atom. The van der Waals surface area contributed by atoms with E-state index in [1.165, 1.54) is 0 Å². The molecule has 2 rings (SSSR count). The molecule has 1 fully saturated rings. The van der Waals surface area contributed by atoms with Crippen LogP contribution in [0.3, 0.4) is 0 Å². The van der Waals surface area contributed by atoms with E-state index in [2.05, 4.69) is 32.7 Å². The molecule has 0 saturated heterocycles. The zero-order chi connectivity index (χ0) is 15.7. The van der Waals surface area contributed by atoms with Gasteiger partial charge in [0.1, 0.15) is 11.4 Å². The van der Waals surface area contributed by atoms with Gasteiger partial charge in [-0.1, -0.05) is 27.7 Å². The minimum atomic E-state index is -0.358. The van der Waals surface area contributed by atoms with Crippen molar-refractivity contribution < 1.29 is 4.74 Å². The van der Waals surface area contributed by atoms with Gasteiger partial charge in [0.15, 0.2) is 5.82 Å². The molecular formula is C17H29N3O. The van der Waals surface area contributed by atoms with Crippen LogP contribution in [-0.4, -0.2) is 16.6 Å². The summed E-state index contributed by atoms with van der Waals surface area (Å²) in [5.41, 5.74) is 7.03. The molecule has 0 atom stereocenters. The summed E-state index contributed by atoms with van der Waals surface area (Å²) in [6.45, 7) is 11.6. The van der Waals surface area contributed by atoms with Gasteiger partial charge in [0.05, 0.1) is 0 Å². The minimum absolute atomic E-state index is 0.341. The van der Waals surface area contributed by atoms with Crippen molar-refractivity contribution in [3.8, 4) is 0 Å². The van der Waals surface area contributed by atoms with E-state index in [1.807, 2.05) is 13.0 Å². The molecule has 2 N–H and O–H groups in total. The van der Waals surface area contributed by atoms with Crippen LogP contribution in [-0.2, 0) is 10.3 Å². The molecule has 0 amide bonds. The molecular weight excluding hydrogens is 262 g/mol. The highest BCUT2D eigenvalue weighted by molar-refractivity contribution is 5.32. The van der Waals surface area contributed by atoms with Crippen LogP contribution in [0.15, 0.2) is 6.07 Å². The van der Waals surface area contributed by atoms with Crippen molar-refractivity contribution in [2.24, 2.45) is 5.41 Å². The number of nitrogens with two attached hydrogens (primary N) is 1. The summed E-state index contributed by atoms with van der Waals surface area (Å²) in [5.74, 6) is 1.67. The second-order valence-corrected chi connectivity index (χ2v) is 7.29. The molecule has 1 aliphatic rings. The van der Waals surface area contributed by atoms with Crippen molar-refractivity contribution >= 4 is 5.82 Å². The van der Waals surface area contributed by atoms with Crippen molar-refractivity contribution in [1.82, 2.24) is 9.97 Å². The normalized spacial score (nSPS) is 20.7. The van der Waals surface area contributed by atoms with Gasteiger partial charge >= 0.3 is 0 Å². The van der Waals surface area contributed by atoms with E-state index in [-0.39, 0.29) is 5.60 Å². The fourth-order valence-corrected chi connectivity index (χ4v) is 3.02. The van der Waals surface area contributed by atoms with Gasteiger partial charge in [-0.2, -0.15) is 0 Å². The molecule has 118 valence electrons. The number of nitrogen functional groups attached to an aromatic ring is 1. The van der Waals surface area contributed by atoms with Crippen LogP contribution in [0.1, 0.15) is 77.7 Å². The maximum absolute atomic E-state index is 6.16. The van der Waals surface area contributed by atoms with Gasteiger partial charge in [0.2, 0.25) is 0 Å². The lowest BCUT2D eigenvalue weighted by atomic mass is 9.70. The Balaban J connectivity index is 2.39. The molecule has 1 aliphatic carbocycles. The zero-order valence-electron chi connectivity index (χ0n) is 14.1. The molecule has 0 aromatic carbocycles. The Bertz CT molecular complexity index is 487. The van der Waals surface area contributed by atoms with E-state index in [1.54, 1.807) is 0 Å². The summed E-state index contributed by atoms with van der Waals surface area (Å²) in [6, 6.07) is 1.88. The van der Waals surface area contributed by atoms with Gasteiger partial charge in [-0.3, -0.25) is 0 Å². The second-order valence-electron chi connectivity index (χ2n) is 7.29. The highest BCUT2D eigenvalue weighted by atomic mass is 16.5. The molecule has 4 heteroatoms. The standard InChI is InChI=1S/C17H29N3O/c1-6-21-17(9-7-16(4,5)8-10-17)15-19-13(12(2)3)11-14(18)20-15/h11-12H,6-10H2,1-5H3,(H2,18,19,20). The van der Waals surface area contributed by atoms with Crippen molar-refractivity contribution in [3.63, 3.8) is 0 Å². The van der Waals surface area contributed by atoms with Gasteiger partial charge in [0.25, 0.3) is 0 Å². The number of nitrogens with zero attached hydrogens (tertiary/aromatic N) is 2. The number of rotatable bonds is 4. The van der Waals surface area contributed by atoms with Crippen LogP contribution in [0.25, 0.3) is 0 Å². The zero-order valence-corrected chi connectivity index (χ0v) is 14.1. The summed E-state index contributed by atoms with van der Waals surface area (Å²) in [4.78, 5) is 9.30. The van der Waals surface area contributed by atoms with E-state index in [9.17, 15) is 0 Å². The Kier molecular flexibility index (Phi) is 4.57. The molecule has 1 saturated carbocycles. The third-order valence-corrected chi connectivity index (χ3v) is 4.60. The fraction of sp³-hybridized carbons (Fsp3) is 0.765. The molecule has 0 unspecified atom stereocenters. The largest absolute Gasteiger partial charge is 0.384 e. The summed E-state index contributed by atoms with van der Waals surface area (Å²) in [6.07, 6.45) is 4.19. The van der Waals surface area contributed by atoms with Gasteiger partial charge in [0, 0.05) is 18.4 Å². The third kappa shape index (κ3) is 3.54. The van der Waals surface area contributed by atoms with Crippen molar-refractivity contribution in [3.05, 3.63) is 17.6 Å². The number of aromatic nitrogens is 2. The molecule has 0 spiro atoms. The topological polar surface area (TPSA) is 61.0 Å². The Morgan fingerprint density at radius 2 is 1.81 bits per heavy atom. The van der Waals surface area contributed by atoms with Crippen molar-refractivity contribution in [2.45, 2.75) is 71.8 Å². The molecule has 1 aromatic heterocycles. The molecule has 0 aliphatic heterocycles. The molecule has 4 nitrogen and oxygen atoms in total. The van der Waals surface area contributed by atoms with E-state index in [0.29, 0.717) is 23.8 Å². The molecule has 0 bridgehead atoms. The summed E-state index contributed by atoms with van der Waals surface area (Å²) >= 11 is 0. The Hall–Kier alpha value is -1.16. The summed E-state index contributed by atoms with van der Waals surface area (Å²) < 4.78 is 6.16. The first-order valence-electron chi connectivity index (χ1n) is 8.07. The minimum Gasteiger partial charge on any atom is -0.384 e. The fourth-order valence-electron chi connectivity index (χ4n) is 3.02. The van der Waals surface area contributed by atoms with E-state index in [0.717, 1.165) is 37.2 Å². The number of hydrogen-bond donors (Lipinski definition) is 1. The molecule has 21 heavy (non-hydrogen) atoms. The molecule has 1 aromatic rings. The Morgan fingerprint density at radius 3 is 2.33 bits per heavy atom. The van der Waals surface area contributed by atoms with Crippen molar-refractivity contribution in [2.75, 3.05) is 12.3 Å². The van der Waals surface area contributed by atoms with Crippen LogP contribution in [0.4, 0.5) is 5.82 Å². The molecule has 0 radical (unpaired) electrons. The van der Waals surface area contributed by atoms with Crippen LogP contribution < -0.4 is 5.73 Å². The maximum atomic E-state index is 6.16. The number of ether oxygens (including phenoxy) is 1. The first-order valence-corrected chi connectivity index (χ1v) is 8.07. The Labute approximate surface area is 128 Å². The van der Waals surface area contributed by atoms with Crippen LogP contribution in [0.2, 0.25) is 0 Å². The van der Waals surface area contributed by atoms with Gasteiger partial charge in [-0.05, 0) is 43.9 Å². The van der Waals surface area contributed by atoms with Gasteiger partial charge in [-0.15, -0.1) is 0 Å². The maximum Gasteiger partial charge on any atom is 0.162 e. The summed E-state index contributed by atoms with van der Waals surface area (Å²) in [7, 11) is 0. The first-order chi connectivity index (χ1) is 9.78. The van der Waals surface area contributed by atoms with E-state index >= 15 is 0 Å². The van der Waals surface area contributed by atoms with E-state index in [4.69, 9.17) is 15.5 Å². The first kappa shape index (κ1) is 16.2. The number of hydrogen-bond acceptors (Lipinski definition) is 4. The third-order valence-electron chi connectivity index (χ3n) is 4.60. The van der Waals surface area contributed by atoms with E-state index < -0.39 is 0 Å². The van der Waals surface area contributed by atoms with Crippen LogP contribution >= 0.6 is 0 Å². The highest BCUT2D eigenvalue weighted by Crippen LogP contribution is 2.46. The highest BCUT2D eigenvalue weighted by Gasteiger charge is 2.42. The van der Waals surface area contributed by atoms with Gasteiger partial charge < -0.3 is 10.5 Å². The lowest BCUT2D eigenvalue weighted by Gasteiger charge is -2.42. The molecule has 1 heterocycles. The smallest absolute Gasteiger partial charge is 0.162 e. The quantitative estimate of drug-likeness (QED) is 0.910. The van der Waals surface area contributed by atoms with Crippen LogP contribution in [0.5, 0.6) is 0 Å². The average molecular weight is 291 g/mol. The monoisotopic (exact) mass is 291 g/mol. The summed E-state index contributed by atoms with van der Waals surface area (Å²) in [5, 5.41) is 0. The van der Waals surface area contributed by atoms with Crippen LogP contribution in [0, 0.1) is 5.41 Å². The average Bonchev–Trinajstić information content (AvgIpc) is 2.41. The van der Waals surface area contributed by atoms with Crippen molar-refractivity contribution in [1.29, 1.82) is 0 Å². The predicted molar refractivity (Wildman–Crippen MR) is 86.1 cm³/mol. The predicted octanol–water partition coefficient (Wildman–Crippen LogP) is 4.01. The SMILES string of the molecule is CCOC1(c2nc(N)cc(C(C)C)n2)CCC(C)(C)CC1.